The summed E-state index contributed by atoms with van der Waals surface area (Å²) < 4.78 is 32.6. The highest BCUT2D eigenvalue weighted by atomic mass is 32.2. The number of sulfonamides is 1. The summed E-state index contributed by atoms with van der Waals surface area (Å²) in [4.78, 5) is 12.1. The second-order valence-electron chi connectivity index (χ2n) is 6.19. The lowest BCUT2D eigenvalue weighted by Crippen LogP contribution is -2.15. The van der Waals surface area contributed by atoms with Crippen LogP contribution < -0.4 is 10.0 Å². The van der Waals surface area contributed by atoms with E-state index in [1.807, 2.05) is 37.3 Å². The largest absolute Gasteiger partial charge is 0.444 e. The fourth-order valence-corrected chi connectivity index (χ4v) is 3.52. The number of amides is 1. The Bertz CT molecular complexity index is 1050. The molecule has 0 spiro atoms. The highest BCUT2D eigenvalue weighted by molar-refractivity contribution is 7.92. The van der Waals surface area contributed by atoms with Crippen LogP contribution >= 0.6 is 0 Å². The molecule has 3 aromatic carbocycles. The van der Waals surface area contributed by atoms with Gasteiger partial charge in [-0.2, -0.15) is 0 Å². The van der Waals surface area contributed by atoms with E-state index in [1.165, 1.54) is 6.07 Å². The molecule has 6 nitrogen and oxygen atoms in total. The van der Waals surface area contributed by atoms with Gasteiger partial charge in [0, 0.05) is 5.69 Å². The number of rotatable bonds is 6. The first-order valence-electron chi connectivity index (χ1n) is 8.60. The first-order chi connectivity index (χ1) is 13.4. The zero-order chi connectivity index (χ0) is 20.0. The van der Waals surface area contributed by atoms with Crippen molar-refractivity contribution < 1.29 is 17.9 Å². The molecule has 3 aromatic rings. The van der Waals surface area contributed by atoms with E-state index in [0.717, 1.165) is 11.1 Å². The van der Waals surface area contributed by atoms with E-state index >= 15 is 0 Å². The lowest BCUT2D eigenvalue weighted by atomic mass is 10.2. The molecule has 0 aliphatic heterocycles. The molecule has 0 heterocycles. The van der Waals surface area contributed by atoms with Crippen LogP contribution in [0.15, 0.2) is 83.8 Å². The fraction of sp³-hybridized carbons (Fsp3) is 0.0952. The van der Waals surface area contributed by atoms with Crippen LogP contribution in [-0.2, 0) is 21.4 Å². The van der Waals surface area contributed by atoms with Crippen molar-refractivity contribution in [2.24, 2.45) is 0 Å². The lowest BCUT2D eigenvalue weighted by Gasteiger charge is -2.11. The summed E-state index contributed by atoms with van der Waals surface area (Å²) in [5.74, 6) is 0. The minimum absolute atomic E-state index is 0.145. The first-order valence-corrected chi connectivity index (χ1v) is 10.1. The minimum atomic E-state index is -3.72. The van der Waals surface area contributed by atoms with E-state index in [-0.39, 0.29) is 11.5 Å². The summed E-state index contributed by atoms with van der Waals surface area (Å²) in [6.45, 7) is 2.03. The van der Waals surface area contributed by atoms with E-state index in [0.29, 0.717) is 11.4 Å². The van der Waals surface area contributed by atoms with Crippen molar-refractivity contribution >= 4 is 27.5 Å². The van der Waals surface area contributed by atoms with E-state index < -0.39 is 16.1 Å². The third-order valence-electron chi connectivity index (χ3n) is 3.91. The van der Waals surface area contributed by atoms with Crippen molar-refractivity contribution in [3.05, 3.63) is 90.0 Å². The topological polar surface area (TPSA) is 84.5 Å². The van der Waals surface area contributed by atoms with Crippen molar-refractivity contribution in [1.82, 2.24) is 0 Å². The molecule has 2 N–H and O–H groups in total. The molecule has 3 rings (SSSR count). The highest BCUT2D eigenvalue weighted by Gasteiger charge is 2.14. The summed E-state index contributed by atoms with van der Waals surface area (Å²) >= 11 is 0. The number of benzene rings is 3. The van der Waals surface area contributed by atoms with Gasteiger partial charge < -0.3 is 4.74 Å². The standard InChI is InChI=1S/C21H20N2O4S/c1-16-10-12-20(13-11-16)28(25,26)23-19-9-5-8-18(14-19)22-21(24)27-15-17-6-3-2-4-7-17/h2-14,23H,15H2,1H3,(H,22,24). The van der Waals surface area contributed by atoms with Crippen LogP contribution in [0.4, 0.5) is 16.2 Å². The summed E-state index contributed by atoms with van der Waals surface area (Å²) in [6, 6.07) is 22.3. The molecule has 0 aliphatic carbocycles. The number of anilines is 2. The molecule has 0 fully saturated rings. The van der Waals surface area contributed by atoms with E-state index in [1.54, 1.807) is 42.5 Å². The zero-order valence-corrected chi connectivity index (χ0v) is 16.1. The molecule has 1 amide bonds. The maximum absolute atomic E-state index is 12.5. The second kappa shape index (κ2) is 8.58. The van der Waals surface area contributed by atoms with Crippen molar-refractivity contribution in [3.63, 3.8) is 0 Å². The van der Waals surface area contributed by atoms with Gasteiger partial charge in [-0.05, 0) is 42.8 Å². The molecule has 0 bridgehead atoms. The van der Waals surface area contributed by atoms with Gasteiger partial charge in [0.1, 0.15) is 6.61 Å². The van der Waals surface area contributed by atoms with Crippen LogP contribution in [0.3, 0.4) is 0 Å². The third kappa shape index (κ3) is 5.34. The molecule has 0 radical (unpaired) electrons. The molecular weight excluding hydrogens is 376 g/mol. The predicted octanol–water partition coefficient (Wildman–Crippen LogP) is 4.54. The number of aryl methyl sites for hydroxylation is 1. The number of hydrogen-bond acceptors (Lipinski definition) is 4. The van der Waals surface area contributed by atoms with Crippen LogP contribution in [-0.4, -0.2) is 14.5 Å². The highest BCUT2D eigenvalue weighted by Crippen LogP contribution is 2.20. The van der Waals surface area contributed by atoms with Gasteiger partial charge in [0.25, 0.3) is 10.0 Å². The van der Waals surface area contributed by atoms with Crippen molar-refractivity contribution in [2.45, 2.75) is 18.4 Å². The quantitative estimate of drug-likeness (QED) is 0.640. The number of hydrogen-bond donors (Lipinski definition) is 2. The van der Waals surface area contributed by atoms with Gasteiger partial charge in [-0.3, -0.25) is 10.0 Å². The molecule has 0 aliphatic rings. The Balaban J connectivity index is 1.63. The SMILES string of the molecule is Cc1ccc(S(=O)(=O)Nc2cccc(NC(=O)OCc3ccccc3)c2)cc1. The predicted molar refractivity (Wildman–Crippen MR) is 109 cm³/mol. The van der Waals surface area contributed by atoms with Crippen molar-refractivity contribution in [3.8, 4) is 0 Å². The summed E-state index contributed by atoms with van der Waals surface area (Å²) in [5.41, 5.74) is 2.60. The molecule has 0 aromatic heterocycles. The number of nitrogens with one attached hydrogen (secondary N) is 2. The molecule has 0 saturated carbocycles. The number of carbonyl (C=O) groups is 1. The maximum Gasteiger partial charge on any atom is 0.411 e. The number of ether oxygens (including phenoxy) is 1. The fourth-order valence-electron chi connectivity index (χ4n) is 2.47. The molecule has 144 valence electrons. The monoisotopic (exact) mass is 396 g/mol. The Kier molecular flexibility index (Phi) is 5.96. The van der Waals surface area contributed by atoms with Crippen LogP contribution in [0.1, 0.15) is 11.1 Å². The second-order valence-corrected chi connectivity index (χ2v) is 7.87. The molecule has 28 heavy (non-hydrogen) atoms. The van der Waals surface area contributed by atoms with Crippen LogP contribution in [0, 0.1) is 6.92 Å². The van der Waals surface area contributed by atoms with Crippen LogP contribution in [0.5, 0.6) is 0 Å². The Morgan fingerprint density at radius 1 is 0.893 bits per heavy atom. The van der Waals surface area contributed by atoms with E-state index in [4.69, 9.17) is 4.74 Å². The minimum Gasteiger partial charge on any atom is -0.444 e. The van der Waals surface area contributed by atoms with Gasteiger partial charge in [-0.25, -0.2) is 13.2 Å². The molecule has 0 atom stereocenters. The van der Waals surface area contributed by atoms with E-state index in [9.17, 15) is 13.2 Å². The maximum atomic E-state index is 12.5. The van der Waals surface area contributed by atoms with Gasteiger partial charge >= 0.3 is 6.09 Å². The van der Waals surface area contributed by atoms with Gasteiger partial charge in [-0.15, -0.1) is 0 Å². The summed E-state index contributed by atoms with van der Waals surface area (Å²) in [6.07, 6.45) is -0.623. The Morgan fingerprint density at radius 2 is 1.57 bits per heavy atom. The lowest BCUT2D eigenvalue weighted by molar-refractivity contribution is 0.155. The van der Waals surface area contributed by atoms with Gasteiger partial charge in [0.05, 0.1) is 10.6 Å². The summed E-state index contributed by atoms with van der Waals surface area (Å²) in [5, 5.41) is 2.59. The number of carbonyl (C=O) groups excluding carboxylic acids is 1. The van der Waals surface area contributed by atoms with Gasteiger partial charge in [0.15, 0.2) is 0 Å². The molecular formula is C21H20N2O4S. The Morgan fingerprint density at radius 3 is 2.29 bits per heavy atom. The molecule has 0 unspecified atom stereocenters. The van der Waals surface area contributed by atoms with Crippen molar-refractivity contribution in [1.29, 1.82) is 0 Å². The Hall–Kier alpha value is -3.32. The Labute approximate surface area is 164 Å². The molecule has 7 heteroatoms. The van der Waals surface area contributed by atoms with Crippen LogP contribution in [0.2, 0.25) is 0 Å². The zero-order valence-electron chi connectivity index (χ0n) is 15.3. The average molecular weight is 396 g/mol. The normalized spacial score (nSPS) is 10.9. The average Bonchev–Trinajstić information content (AvgIpc) is 2.67. The third-order valence-corrected chi connectivity index (χ3v) is 5.30. The van der Waals surface area contributed by atoms with Crippen LogP contribution in [0.25, 0.3) is 0 Å². The smallest absolute Gasteiger partial charge is 0.411 e. The van der Waals surface area contributed by atoms with Crippen molar-refractivity contribution in [2.75, 3.05) is 10.0 Å². The molecule has 0 saturated heterocycles. The van der Waals surface area contributed by atoms with E-state index in [2.05, 4.69) is 10.0 Å². The first kappa shape index (κ1) is 19.4. The van der Waals surface area contributed by atoms with Gasteiger partial charge in [0.2, 0.25) is 0 Å². The van der Waals surface area contributed by atoms with Gasteiger partial charge in [-0.1, -0.05) is 54.1 Å². The summed E-state index contributed by atoms with van der Waals surface area (Å²) in [7, 11) is -3.72.